The van der Waals surface area contributed by atoms with Crippen LogP contribution >= 0.6 is 0 Å². The van der Waals surface area contributed by atoms with Gasteiger partial charge in [-0.25, -0.2) is 0 Å². The molecule has 2 N–H and O–H groups in total. The zero-order valence-corrected chi connectivity index (χ0v) is 11.1. The molecular weight excluding hydrogens is 200 g/mol. The van der Waals surface area contributed by atoms with Crippen molar-refractivity contribution < 1.29 is 4.79 Å². The standard InChI is InChI=1S/C13H26N2O/c1-10(13(2,3)4)15-12(16)6-5-11-7-8-14-9-11/h10-11,14H,5-9H2,1-4H3,(H,15,16). The Labute approximate surface area is 99.4 Å². The second kappa shape index (κ2) is 5.67. The first-order chi connectivity index (χ1) is 7.39. The van der Waals surface area contributed by atoms with Gasteiger partial charge in [-0.2, -0.15) is 0 Å². The van der Waals surface area contributed by atoms with Crippen molar-refractivity contribution in [1.82, 2.24) is 10.6 Å². The van der Waals surface area contributed by atoms with Gasteiger partial charge >= 0.3 is 0 Å². The number of carbonyl (C=O) groups excluding carboxylic acids is 1. The lowest BCUT2D eigenvalue weighted by Gasteiger charge is -2.28. The van der Waals surface area contributed by atoms with Gasteiger partial charge in [0, 0.05) is 12.5 Å². The second-order valence-electron chi connectivity index (χ2n) is 6.05. The van der Waals surface area contributed by atoms with E-state index < -0.39 is 0 Å². The smallest absolute Gasteiger partial charge is 0.220 e. The second-order valence-corrected chi connectivity index (χ2v) is 6.05. The maximum Gasteiger partial charge on any atom is 0.220 e. The highest BCUT2D eigenvalue weighted by Crippen LogP contribution is 2.19. The molecule has 2 unspecified atom stereocenters. The molecule has 0 bridgehead atoms. The fraction of sp³-hybridized carbons (Fsp3) is 0.923. The number of rotatable bonds is 4. The van der Waals surface area contributed by atoms with Crippen LogP contribution in [0.5, 0.6) is 0 Å². The summed E-state index contributed by atoms with van der Waals surface area (Å²) in [6.45, 7) is 10.7. The van der Waals surface area contributed by atoms with Crippen molar-refractivity contribution in [3.8, 4) is 0 Å². The number of carbonyl (C=O) groups is 1. The predicted octanol–water partition coefficient (Wildman–Crippen LogP) is 1.93. The van der Waals surface area contributed by atoms with E-state index in [0.29, 0.717) is 12.3 Å². The van der Waals surface area contributed by atoms with E-state index in [9.17, 15) is 4.79 Å². The Hall–Kier alpha value is -0.570. The maximum absolute atomic E-state index is 11.7. The number of nitrogens with one attached hydrogen (secondary N) is 2. The minimum Gasteiger partial charge on any atom is -0.353 e. The number of hydrogen-bond donors (Lipinski definition) is 2. The van der Waals surface area contributed by atoms with Crippen molar-refractivity contribution in [3.05, 3.63) is 0 Å². The van der Waals surface area contributed by atoms with Crippen LogP contribution in [0.4, 0.5) is 0 Å². The van der Waals surface area contributed by atoms with Gasteiger partial charge in [-0.15, -0.1) is 0 Å². The molecule has 3 heteroatoms. The van der Waals surface area contributed by atoms with Crippen molar-refractivity contribution in [3.63, 3.8) is 0 Å². The molecule has 0 saturated carbocycles. The van der Waals surface area contributed by atoms with Crippen LogP contribution in [0.2, 0.25) is 0 Å². The van der Waals surface area contributed by atoms with Crippen LogP contribution in [-0.4, -0.2) is 25.0 Å². The summed E-state index contributed by atoms with van der Waals surface area (Å²) in [5.74, 6) is 0.907. The van der Waals surface area contributed by atoms with Gasteiger partial charge in [0.15, 0.2) is 0 Å². The van der Waals surface area contributed by atoms with Gasteiger partial charge in [0.25, 0.3) is 0 Å². The van der Waals surface area contributed by atoms with Crippen LogP contribution in [0.25, 0.3) is 0 Å². The lowest BCUT2D eigenvalue weighted by Crippen LogP contribution is -2.41. The number of amides is 1. The molecule has 1 aliphatic rings. The third-order valence-electron chi connectivity index (χ3n) is 3.62. The average Bonchev–Trinajstić information content (AvgIpc) is 2.65. The van der Waals surface area contributed by atoms with Gasteiger partial charge < -0.3 is 10.6 Å². The molecule has 16 heavy (non-hydrogen) atoms. The fourth-order valence-electron chi connectivity index (χ4n) is 1.83. The van der Waals surface area contributed by atoms with Gasteiger partial charge in [-0.1, -0.05) is 20.8 Å². The molecule has 0 aromatic heterocycles. The average molecular weight is 226 g/mol. The van der Waals surface area contributed by atoms with E-state index in [1.165, 1.54) is 6.42 Å². The molecule has 1 saturated heterocycles. The van der Waals surface area contributed by atoms with E-state index in [1.54, 1.807) is 0 Å². The van der Waals surface area contributed by atoms with Crippen molar-refractivity contribution in [2.75, 3.05) is 13.1 Å². The zero-order chi connectivity index (χ0) is 12.2. The van der Waals surface area contributed by atoms with Crippen molar-refractivity contribution in [2.24, 2.45) is 11.3 Å². The van der Waals surface area contributed by atoms with E-state index in [-0.39, 0.29) is 17.4 Å². The highest BCUT2D eigenvalue weighted by molar-refractivity contribution is 5.76. The first-order valence-electron chi connectivity index (χ1n) is 6.39. The Morgan fingerprint density at radius 2 is 2.19 bits per heavy atom. The van der Waals surface area contributed by atoms with Crippen LogP contribution in [0, 0.1) is 11.3 Å². The van der Waals surface area contributed by atoms with Crippen molar-refractivity contribution in [1.29, 1.82) is 0 Å². The fourth-order valence-corrected chi connectivity index (χ4v) is 1.83. The Morgan fingerprint density at radius 1 is 1.50 bits per heavy atom. The molecule has 3 nitrogen and oxygen atoms in total. The summed E-state index contributed by atoms with van der Waals surface area (Å²) >= 11 is 0. The summed E-state index contributed by atoms with van der Waals surface area (Å²) in [7, 11) is 0. The van der Waals surface area contributed by atoms with Crippen molar-refractivity contribution in [2.45, 2.75) is 53.0 Å². The molecule has 0 spiro atoms. The van der Waals surface area contributed by atoms with Crippen LogP contribution < -0.4 is 10.6 Å². The van der Waals surface area contributed by atoms with E-state index in [0.717, 1.165) is 19.5 Å². The highest BCUT2D eigenvalue weighted by Gasteiger charge is 2.22. The Balaban J connectivity index is 2.20. The van der Waals surface area contributed by atoms with Gasteiger partial charge in [0.1, 0.15) is 0 Å². The quantitative estimate of drug-likeness (QED) is 0.769. The lowest BCUT2D eigenvalue weighted by atomic mass is 9.88. The molecule has 2 atom stereocenters. The van der Waals surface area contributed by atoms with Crippen LogP contribution in [0.1, 0.15) is 47.0 Å². The summed E-state index contributed by atoms with van der Waals surface area (Å²) < 4.78 is 0. The summed E-state index contributed by atoms with van der Waals surface area (Å²) in [6.07, 6.45) is 2.92. The Kier molecular flexibility index (Phi) is 4.78. The first kappa shape index (κ1) is 13.5. The van der Waals surface area contributed by atoms with Crippen LogP contribution in [0.3, 0.4) is 0 Å². The van der Waals surface area contributed by atoms with Gasteiger partial charge in [0.05, 0.1) is 0 Å². The van der Waals surface area contributed by atoms with Gasteiger partial charge in [-0.05, 0) is 44.2 Å². The lowest BCUT2D eigenvalue weighted by molar-refractivity contribution is -0.122. The molecule has 1 rings (SSSR count). The highest BCUT2D eigenvalue weighted by atomic mass is 16.1. The Bertz CT molecular complexity index is 227. The molecule has 1 fully saturated rings. The van der Waals surface area contributed by atoms with E-state index in [1.807, 2.05) is 0 Å². The zero-order valence-electron chi connectivity index (χ0n) is 11.1. The van der Waals surface area contributed by atoms with Gasteiger partial charge in [-0.3, -0.25) is 4.79 Å². The molecule has 0 radical (unpaired) electrons. The van der Waals surface area contributed by atoms with E-state index >= 15 is 0 Å². The molecule has 0 aromatic carbocycles. The van der Waals surface area contributed by atoms with Crippen LogP contribution in [0.15, 0.2) is 0 Å². The predicted molar refractivity (Wildman–Crippen MR) is 67.3 cm³/mol. The SMILES string of the molecule is CC(NC(=O)CCC1CCNC1)C(C)(C)C. The largest absolute Gasteiger partial charge is 0.353 e. The molecule has 0 aliphatic carbocycles. The topological polar surface area (TPSA) is 41.1 Å². The molecular formula is C13H26N2O. The molecule has 0 aromatic rings. The minimum atomic E-state index is 0.143. The Morgan fingerprint density at radius 3 is 2.69 bits per heavy atom. The molecule has 94 valence electrons. The molecule has 1 amide bonds. The minimum absolute atomic E-state index is 0.143. The molecule has 1 aliphatic heterocycles. The summed E-state index contributed by atoms with van der Waals surface area (Å²) in [4.78, 5) is 11.7. The van der Waals surface area contributed by atoms with Crippen molar-refractivity contribution >= 4 is 5.91 Å². The summed E-state index contributed by atoms with van der Waals surface area (Å²) in [6, 6.07) is 0.238. The summed E-state index contributed by atoms with van der Waals surface area (Å²) in [5, 5.41) is 6.41. The molecule has 1 heterocycles. The normalized spacial score (nSPS) is 23.1. The monoisotopic (exact) mass is 226 g/mol. The summed E-state index contributed by atoms with van der Waals surface area (Å²) in [5.41, 5.74) is 0.143. The van der Waals surface area contributed by atoms with E-state index in [2.05, 4.69) is 38.3 Å². The number of hydrogen-bond acceptors (Lipinski definition) is 2. The third kappa shape index (κ3) is 4.52. The first-order valence-corrected chi connectivity index (χ1v) is 6.39. The third-order valence-corrected chi connectivity index (χ3v) is 3.62. The maximum atomic E-state index is 11.7. The van der Waals surface area contributed by atoms with Gasteiger partial charge in [0.2, 0.25) is 5.91 Å². The van der Waals surface area contributed by atoms with E-state index in [4.69, 9.17) is 0 Å². The van der Waals surface area contributed by atoms with Crippen LogP contribution in [-0.2, 0) is 4.79 Å².